The van der Waals surface area contributed by atoms with E-state index in [1.807, 2.05) is 0 Å². The first kappa shape index (κ1) is 36.0. The van der Waals surface area contributed by atoms with Crippen molar-refractivity contribution in [3.63, 3.8) is 0 Å². The summed E-state index contributed by atoms with van der Waals surface area (Å²) in [5.41, 5.74) is 32.9. The Balaban J connectivity index is 1.07. The summed E-state index contributed by atoms with van der Waals surface area (Å²) in [6, 6.07) is 84.8. The topological polar surface area (TPSA) is 22.2 Å². The van der Waals surface area contributed by atoms with Crippen LogP contribution in [0.2, 0.25) is 0 Å². The van der Waals surface area contributed by atoms with Gasteiger partial charge in [0, 0.05) is 5.39 Å². The number of hydrogen-bond donors (Lipinski definition) is 0. The lowest BCUT2D eigenvalue weighted by Gasteiger charge is -2.51. The van der Waals surface area contributed by atoms with Gasteiger partial charge in [-0.05, 0) is 135 Å². The lowest BCUT2D eigenvalue weighted by atomic mass is 9.25. The van der Waals surface area contributed by atoms with Crippen molar-refractivity contribution in [2.45, 2.75) is 16.2 Å². The first-order chi connectivity index (χ1) is 35.8. The second kappa shape index (κ2) is 11.4. The van der Waals surface area contributed by atoms with Gasteiger partial charge in [0.15, 0.2) is 0 Å². The molecule has 0 fully saturated rings. The molecule has 3 spiro atoms. The average molecular weight is 906 g/mol. The van der Waals surface area contributed by atoms with E-state index in [-0.39, 0.29) is 6.71 Å². The Kier molecular flexibility index (Phi) is 5.73. The van der Waals surface area contributed by atoms with Gasteiger partial charge in [-0.3, -0.25) is 8.97 Å². The summed E-state index contributed by atoms with van der Waals surface area (Å²) < 4.78 is 5.23. The van der Waals surface area contributed by atoms with E-state index in [0.29, 0.717) is 0 Å². The molecule has 72 heavy (non-hydrogen) atoms. The SMILES string of the molecule is c1ccc2c(c1)-c1ccccc1C21c2cccc3c2B2c4c1ccc1nc5n6c7c(ccc8cc(c2c(c87)n5c41)C31c2ccccc2-c2ccccc21)C1(c2ccccc2-c2ccccc21)c1ccccc1-6. The Labute approximate surface area is 414 Å². The van der Waals surface area contributed by atoms with E-state index < -0.39 is 16.2 Å². The molecule has 4 heteroatoms. The summed E-state index contributed by atoms with van der Waals surface area (Å²) in [7, 11) is 0. The van der Waals surface area contributed by atoms with Gasteiger partial charge in [-0.1, -0.05) is 206 Å². The van der Waals surface area contributed by atoms with Gasteiger partial charge < -0.3 is 0 Å². The van der Waals surface area contributed by atoms with E-state index in [9.17, 15) is 0 Å². The first-order valence-electron chi connectivity index (χ1n) is 25.6. The van der Waals surface area contributed by atoms with Gasteiger partial charge in [-0.2, -0.15) is 0 Å². The lowest BCUT2D eigenvalue weighted by Crippen LogP contribution is -2.69. The molecule has 0 amide bonds. The average Bonchev–Trinajstić information content (AvgIpc) is 4.16. The summed E-state index contributed by atoms with van der Waals surface area (Å²) in [6.45, 7) is -0.0300. The zero-order valence-corrected chi connectivity index (χ0v) is 38.7. The van der Waals surface area contributed by atoms with Gasteiger partial charge >= 0.3 is 0 Å². The van der Waals surface area contributed by atoms with Crippen molar-refractivity contribution in [3.05, 3.63) is 285 Å². The maximum atomic E-state index is 5.95. The summed E-state index contributed by atoms with van der Waals surface area (Å²) in [4.78, 5) is 5.95. The number of aromatic nitrogens is 3. The van der Waals surface area contributed by atoms with Crippen LogP contribution in [-0.2, 0) is 16.2 Å². The van der Waals surface area contributed by atoms with Crippen LogP contribution < -0.4 is 16.4 Å². The molecule has 13 aromatic rings. The van der Waals surface area contributed by atoms with Crippen LogP contribution in [0, 0.1) is 0 Å². The number of fused-ring (bicyclic) bond motifs is 24. The molecule has 0 saturated heterocycles. The van der Waals surface area contributed by atoms with Crippen molar-refractivity contribution in [1.29, 1.82) is 0 Å². The molecule has 326 valence electrons. The number of nitrogens with zero attached hydrogens (tertiary/aromatic N) is 3. The normalized spacial score (nSPS) is 16.4. The Morgan fingerprint density at radius 1 is 0.319 bits per heavy atom. The van der Waals surface area contributed by atoms with Crippen LogP contribution in [0.3, 0.4) is 0 Å². The predicted octanol–water partition coefficient (Wildman–Crippen LogP) is 12.4. The fourth-order valence-corrected chi connectivity index (χ4v) is 17.2. The maximum Gasteiger partial charge on any atom is 0.248 e. The fourth-order valence-electron chi connectivity index (χ4n) is 17.2. The third-order valence-electron chi connectivity index (χ3n) is 19.2. The molecular formula is C68H36BN3. The van der Waals surface area contributed by atoms with Crippen LogP contribution in [0.4, 0.5) is 0 Å². The molecule has 0 unspecified atom stereocenters. The van der Waals surface area contributed by atoms with E-state index in [4.69, 9.17) is 4.98 Å². The monoisotopic (exact) mass is 905 g/mol. The number of benzene rings is 11. The molecule has 6 heterocycles. The predicted molar refractivity (Wildman–Crippen MR) is 291 cm³/mol. The third kappa shape index (κ3) is 3.35. The third-order valence-corrected chi connectivity index (χ3v) is 19.2. The highest BCUT2D eigenvalue weighted by Crippen LogP contribution is 2.64. The van der Waals surface area contributed by atoms with Crippen LogP contribution in [0.25, 0.3) is 77.7 Å². The molecule has 3 aliphatic carbocycles. The van der Waals surface area contributed by atoms with Crippen molar-refractivity contribution >= 4 is 61.7 Å². The fraction of sp³-hybridized carbons (Fsp3) is 0.0441. The van der Waals surface area contributed by atoms with Gasteiger partial charge in [-0.25, -0.2) is 4.98 Å². The molecule has 0 saturated carbocycles. The maximum absolute atomic E-state index is 5.95. The van der Waals surface area contributed by atoms with Gasteiger partial charge in [0.25, 0.3) is 0 Å². The second-order valence-corrected chi connectivity index (χ2v) is 21.5. The standard InChI is InChI=1S/C68H36BN3/c1-7-22-44-38(16-1)39-17-2-8-23-45(39)66(44)50-28-13-14-31-57(50)71-62-54(66)33-32-37-36-55-61-64(58(37)62)72-63-56(70-65(71)72)35-34-53-60(63)69(61)59-51(67(53)46-24-9-3-18-40(46)41-19-4-10-25-47(41)67)29-15-30-52(59)68(55)48-26-11-5-20-42(48)43-21-6-12-27-49(43)68/h1-36H. The number of imidazole rings is 1. The number of hydrogen-bond acceptors (Lipinski definition) is 1. The minimum Gasteiger partial charge on any atom is -0.279 e. The van der Waals surface area contributed by atoms with Crippen LogP contribution >= 0.6 is 0 Å². The lowest BCUT2D eigenvalue weighted by molar-refractivity contribution is 0.741. The number of para-hydroxylation sites is 1. The smallest absolute Gasteiger partial charge is 0.248 e. The molecule has 0 bridgehead atoms. The second-order valence-electron chi connectivity index (χ2n) is 21.5. The Morgan fingerprint density at radius 2 is 0.736 bits per heavy atom. The Morgan fingerprint density at radius 3 is 1.28 bits per heavy atom. The highest BCUT2D eigenvalue weighted by Gasteiger charge is 2.62. The zero-order chi connectivity index (χ0) is 46.1. The quantitative estimate of drug-likeness (QED) is 0.139. The Hall–Kier alpha value is -8.99. The van der Waals surface area contributed by atoms with E-state index in [1.165, 1.54) is 150 Å². The molecule has 20 rings (SSSR count). The highest BCUT2D eigenvalue weighted by molar-refractivity contribution is 7.00. The van der Waals surface area contributed by atoms with E-state index in [2.05, 4.69) is 227 Å². The molecule has 0 atom stereocenters. The zero-order valence-electron chi connectivity index (χ0n) is 38.7. The van der Waals surface area contributed by atoms with Crippen LogP contribution in [0.5, 0.6) is 0 Å². The minimum absolute atomic E-state index is 0.0300. The van der Waals surface area contributed by atoms with Crippen LogP contribution in [0.1, 0.15) is 66.8 Å². The summed E-state index contributed by atoms with van der Waals surface area (Å²) in [5, 5.41) is 2.58. The molecule has 4 aliphatic heterocycles. The summed E-state index contributed by atoms with van der Waals surface area (Å²) >= 11 is 0. The van der Waals surface area contributed by atoms with Crippen LogP contribution in [-0.4, -0.2) is 20.7 Å². The molecular weight excluding hydrogens is 870 g/mol. The van der Waals surface area contributed by atoms with Crippen molar-refractivity contribution < 1.29 is 0 Å². The van der Waals surface area contributed by atoms with Crippen LogP contribution in [0.15, 0.2) is 218 Å². The van der Waals surface area contributed by atoms with Gasteiger partial charge in [-0.15, -0.1) is 0 Å². The number of rotatable bonds is 0. The van der Waals surface area contributed by atoms with Crippen molar-refractivity contribution in [1.82, 2.24) is 14.0 Å². The van der Waals surface area contributed by atoms with E-state index in [0.717, 1.165) is 11.3 Å². The first-order valence-corrected chi connectivity index (χ1v) is 25.6. The molecule has 3 nitrogen and oxygen atoms in total. The molecule has 0 radical (unpaired) electrons. The van der Waals surface area contributed by atoms with Gasteiger partial charge in [0.1, 0.15) is 0 Å². The highest BCUT2D eigenvalue weighted by atomic mass is 15.2. The van der Waals surface area contributed by atoms with Crippen molar-refractivity contribution in [2.24, 2.45) is 0 Å². The van der Waals surface area contributed by atoms with Gasteiger partial charge in [0.05, 0.1) is 44.0 Å². The summed E-state index contributed by atoms with van der Waals surface area (Å²) in [5.74, 6) is 0.973. The van der Waals surface area contributed by atoms with Crippen molar-refractivity contribution in [2.75, 3.05) is 0 Å². The van der Waals surface area contributed by atoms with Crippen molar-refractivity contribution in [3.8, 4) is 39.1 Å². The van der Waals surface area contributed by atoms with Gasteiger partial charge in [0.2, 0.25) is 12.5 Å². The van der Waals surface area contributed by atoms with E-state index >= 15 is 0 Å². The molecule has 0 N–H and O–H groups in total. The summed E-state index contributed by atoms with van der Waals surface area (Å²) in [6.07, 6.45) is 0. The molecule has 7 aliphatic rings. The van der Waals surface area contributed by atoms with E-state index in [1.54, 1.807) is 0 Å². The molecule has 11 aromatic carbocycles. The minimum atomic E-state index is -0.596. The Bertz CT molecular complexity index is 4710. The largest absolute Gasteiger partial charge is 0.279 e. The molecule has 2 aromatic heterocycles.